The second kappa shape index (κ2) is 5.59. The molecule has 1 aromatic heterocycles. The van der Waals surface area contributed by atoms with Crippen LogP contribution in [0.15, 0.2) is 30.3 Å². The van der Waals surface area contributed by atoms with Crippen molar-refractivity contribution in [1.82, 2.24) is 9.97 Å². The number of hydrogen-bond acceptors (Lipinski definition) is 4. The standard InChI is InChI=1S/C18H24N4/c1-12-11-16(22-17(19-12)21-15-9-10-15)20-14-7-5-13(6-8-14)18(2,3)4/h5-8,11,15H,9-10H2,1-4H3,(H2,19,20,21,22). The van der Waals surface area contributed by atoms with E-state index in [1.54, 1.807) is 0 Å². The van der Waals surface area contributed by atoms with Crippen LogP contribution in [0, 0.1) is 6.92 Å². The molecule has 1 fully saturated rings. The third-order valence-electron chi connectivity index (χ3n) is 3.79. The molecule has 4 nitrogen and oxygen atoms in total. The van der Waals surface area contributed by atoms with Crippen molar-refractivity contribution in [3.8, 4) is 0 Å². The first-order chi connectivity index (χ1) is 10.4. The zero-order chi connectivity index (χ0) is 15.7. The maximum absolute atomic E-state index is 4.55. The Morgan fingerprint density at radius 3 is 2.32 bits per heavy atom. The molecule has 1 aliphatic rings. The average Bonchev–Trinajstić information content (AvgIpc) is 3.21. The summed E-state index contributed by atoms with van der Waals surface area (Å²) in [6.45, 7) is 8.66. The Morgan fingerprint density at radius 2 is 1.73 bits per heavy atom. The molecule has 2 N–H and O–H groups in total. The van der Waals surface area contributed by atoms with Crippen molar-refractivity contribution in [2.45, 2.75) is 52.0 Å². The first-order valence-corrected chi connectivity index (χ1v) is 7.90. The molecule has 0 spiro atoms. The summed E-state index contributed by atoms with van der Waals surface area (Å²) in [6, 6.07) is 11.1. The van der Waals surface area contributed by atoms with Gasteiger partial charge in [-0.15, -0.1) is 0 Å². The van der Waals surface area contributed by atoms with Crippen LogP contribution in [0.3, 0.4) is 0 Å². The summed E-state index contributed by atoms with van der Waals surface area (Å²) in [4.78, 5) is 8.99. The fourth-order valence-corrected chi connectivity index (χ4v) is 2.31. The Balaban J connectivity index is 1.75. The lowest BCUT2D eigenvalue weighted by Gasteiger charge is -2.19. The van der Waals surface area contributed by atoms with E-state index in [-0.39, 0.29) is 5.41 Å². The van der Waals surface area contributed by atoms with E-state index in [2.05, 4.69) is 65.6 Å². The van der Waals surface area contributed by atoms with Gasteiger partial charge in [-0.1, -0.05) is 32.9 Å². The van der Waals surface area contributed by atoms with Crippen LogP contribution in [0.4, 0.5) is 17.5 Å². The summed E-state index contributed by atoms with van der Waals surface area (Å²) < 4.78 is 0. The van der Waals surface area contributed by atoms with Gasteiger partial charge >= 0.3 is 0 Å². The maximum atomic E-state index is 4.55. The van der Waals surface area contributed by atoms with Gasteiger partial charge < -0.3 is 10.6 Å². The molecule has 0 amide bonds. The van der Waals surface area contributed by atoms with Gasteiger partial charge in [-0.05, 0) is 42.9 Å². The molecule has 22 heavy (non-hydrogen) atoms. The minimum Gasteiger partial charge on any atom is -0.351 e. The van der Waals surface area contributed by atoms with Crippen molar-refractivity contribution in [2.24, 2.45) is 0 Å². The number of anilines is 3. The Hall–Kier alpha value is -2.10. The molecule has 2 aromatic rings. The van der Waals surface area contributed by atoms with Crippen molar-refractivity contribution >= 4 is 17.5 Å². The third-order valence-corrected chi connectivity index (χ3v) is 3.79. The topological polar surface area (TPSA) is 49.8 Å². The van der Waals surface area contributed by atoms with Crippen molar-refractivity contribution in [3.05, 3.63) is 41.6 Å². The lowest BCUT2D eigenvalue weighted by Crippen LogP contribution is -2.10. The van der Waals surface area contributed by atoms with E-state index < -0.39 is 0 Å². The van der Waals surface area contributed by atoms with Gasteiger partial charge in [0.2, 0.25) is 5.95 Å². The van der Waals surface area contributed by atoms with E-state index in [4.69, 9.17) is 0 Å². The number of nitrogens with zero attached hydrogens (tertiary/aromatic N) is 2. The van der Waals surface area contributed by atoms with Crippen LogP contribution in [0.5, 0.6) is 0 Å². The van der Waals surface area contributed by atoms with E-state index in [0.717, 1.165) is 23.1 Å². The zero-order valence-electron chi connectivity index (χ0n) is 13.8. The first kappa shape index (κ1) is 14.8. The highest BCUT2D eigenvalue weighted by molar-refractivity contribution is 5.58. The molecule has 3 rings (SSSR count). The SMILES string of the molecule is Cc1cc(Nc2ccc(C(C)(C)C)cc2)nc(NC2CC2)n1. The Labute approximate surface area is 132 Å². The highest BCUT2D eigenvalue weighted by Gasteiger charge is 2.22. The van der Waals surface area contributed by atoms with Crippen molar-refractivity contribution in [3.63, 3.8) is 0 Å². The lowest BCUT2D eigenvalue weighted by atomic mass is 9.87. The minimum atomic E-state index is 0.172. The molecule has 1 heterocycles. The monoisotopic (exact) mass is 296 g/mol. The molecule has 0 bridgehead atoms. The zero-order valence-corrected chi connectivity index (χ0v) is 13.8. The highest BCUT2D eigenvalue weighted by Crippen LogP contribution is 2.26. The fraction of sp³-hybridized carbons (Fsp3) is 0.444. The summed E-state index contributed by atoms with van der Waals surface area (Å²) in [5.74, 6) is 1.55. The van der Waals surface area contributed by atoms with Crippen LogP contribution in [0.2, 0.25) is 0 Å². The van der Waals surface area contributed by atoms with Gasteiger partial charge in [0.15, 0.2) is 0 Å². The summed E-state index contributed by atoms with van der Waals surface area (Å²) in [5.41, 5.74) is 3.51. The Kier molecular flexibility index (Phi) is 3.77. The second-order valence-corrected chi connectivity index (χ2v) is 7.09. The van der Waals surface area contributed by atoms with Crippen LogP contribution < -0.4 is 10.6 Å². The summed E-state index contributed by atoms with van der Waals surface area (Å²) in [5, 5.41) is 6.72. The predicted molar refractivity (Wildman–Crippen MR) is 91.8 cm³/mol. The van der Waals surface area contributed by atoms with Gasteiger partial charge in [-0.3, -0.25) is 0 Å². The molecule has 0 radical (unpaired) electrons. The van der Waals surface area contributed by atoms with Crippen LogP contribution in [0.25, 0.3) is 0 Å². The van der Waals surface area contributed by atoms with E-state index in [1.807, 2.05) is 13.0 Å². The Morgan fingerprint density at radius 1 is 1.05 bits per heavy atom. The van der Waals surface area contributed by atoms with E-state index in [9.17, 15) is 0 Å². The van der Waals surface area contributed by atoms with Crippen molar-refractivity contribution < 1.29 is 0 Å². The van der Waals surface area contributed by atoms with Gasteiger partial charge in [-0.2, -0.15) is 4.98 Å². The van der Waals surface area contributed by atoms with Crippen LogP contribution in [0.1, 0.15) is 44.9 Å². The van der Waals surface area contributed by atoms with Crippen LogP contribution >= 0.6 is 0 Å². The lowest BCUT2D eigenvalue weighted by molar-refractivity contribution is 0.590. The molecule has 1 saturated carbocycles. The number of nitrogens with one attached hydrogen (secondary N) is 2. The molecule has 0 unspecified atom stereocenters. The van der Waals surface area contributed by atoms with E-state index in [1.165, 1.54) is 18.4 Å². The molecule has 116 valence electrons. The number of hydrogen-bond donors (Lipinski definition) is 2. The smallest absolute Gasteiger partial charge is 0.225 e. The van der Waals surface area contributed by atoms with Crippen molar-refractivity contribution in [2.75, 3.05) is 10.6 Å². The fourth-order valence-electron chi connectivity index (χ4n) is 2.31. The van der Waals surface area contributed by atoms with Crippen LogP contribution in [-0.4, -0.2) is 16.0 Å². The predicted octanol–water partition coefficient (Wildman–Crippen LogP) is 4.40. The average molecular weight is 296 g/mol. The number of rotatable bonds is 4. The summed E-state index contributed by atoms with van der Waals surface area (Å²) in [7, 11) is 0. The molecule has 0 aliphatic heterocycles. The van der Waals surface area contributed by atoms with Gasteiger partial charge in [0.1, 0.15) is 5.82 Å². The quantitative estimate of drug-likeness (QED) is 0.878. The molecule has 1 aliphatic carbocycles. The molecular formula is C18H24N4. The number of aromatic nitrogens is 2. The highest BCUT2D eigenvalue weighted by atomic mass is 15.2. The van der Waals surface area contributed by atoms with Gasteiger partial charge in [-0.25, -0.2) is 4.98 Å². The maximum Gasteiger partial charge on any atom is 0.225 e. The van der Waals surface area contributed by atoms with E-state index >= 15 is 0 Å². The van der Waals surface area contributed by atoms with Crippen molar-refractivity contribution in [1.29, 1.82) is 0 Å². The Bertz CT molecular complexity index is 652. The normalized spacial score (nSPS) is 14.7. The number of benzene rings is 1. The molecule has 0 atom stereocenters. The first-order valence-electron chi connectivity index (χ1n) is 7.90. The van der Waals surface area contributed by atoms with Crippen LogP contribution in [-0.2, 0) is 5.41 Å². The third kappa shape index (κ3) is 3.75. The molecule has 4 heteroatoms. The van der Waals surface area contributed by atoms with Gasteiger partial charge in [0.05, 0.1) is 0 Å². The summed E-state index contributed by atoms with van der Waals surface area (Å²) in [6.07, 6.45) is 2.43. The second-order valence-electron chi connectivity index (χ2n) is 7.09. The number of aryl methyl sites for hydroxylation is 1. The molecular weight excluding hydrogens is 272 g/mol. The summed E-state index contributed by atoms with van der Waals surface area (Å²) >= 11 is 0. The molecule has 0 saturated heterocycles. The van der Waals surface area contributed by atoms with Gasteiger partial charge in [0, 0.05) is 23.5 Å². The largest absolute Gasteiger partial charge is 0.351 e. The minimum absolute atomic E-state index is 0.172. The van der Waals surface area contributed by atoms with E-state index in [0.29, 0.717) is 6.04 Å². The van der Waals surface area contributed by atoms with Gasteiger partial charge in [0.25, 0.3) is 0 Å². The molecule has 1 aromatic carbocycles.